The zero-order valence-corrected chi connectivity index (χ0v) is 20.2. The number of pyridine rings is 1. The number of hydrogen-bond acceptors (Lipinski definition) is 4. The van der Waals surface area contributed by atoms with E-state index in [2.05, 4.69) is 25.8 Å². The number of phenols is 1. The van der Waals surface area contributed by atoms with Gasteiger partial charge in [-0.1, -0.05) is 62.2 Å². The van der Waals surface area contributed by atoms with Crippen molar-refractivity contribution in [2.45, 2.75) is 32.6 Å². The van der Waals surface area contributed by atoms with Gasteiger partial charge >= 0.3 is 0 Å². The van der Waals surface area contributed by atoms with Crippen LogP contribution < -0.4 is 5.56 Å². The molecule has 0 amide bonds. The van der Waals surface area contributed by atoms with Gasteiger partial charge < -0.3 is 10.1 Å². The summed E-state index contributed by atoms with van der Waals surface area (Å²) >= 11 is 13.6. The molecule has 2 heterocycles. The molecule has 7 heteroatoms. The summed E-state index contributed by atoms with van der Waals surface area (Å²) in [7, 11) is 0. The lowest BCUT2D eigenvalue weighted by molar-refractivity contribution is 0.474. The third kappa shape index (κ3) is 4.75. The predicted molar refractivity (Wildman–Crippen MR) is 135 cm³/mol. The van der Waals surface area contributed by atoms with Crippen LogP contribution in [0, 0.1) is 0 Å². The van der Waals surface area contributed by atoms with E-state index < -0.39 is 0 Å². The number of thiazole rings is 1. The highest BCUT2D eigenvalue weighted by Crippen LogP contribution is 2.34. The molecule has 0 fully saturated rings. The molecule has 2 N–H and O–H groups in total. The van der Waals surface area contributed by atoms with Gasteiger partial charge in [-0.05, 0) is 41.8 Å². The summed E-state index contributed by atoms with van der Waals surface area (Å²) in [5.74, 6) is -0.0251. The van der Waals surface area contributed by atoms with E-state index in [1.165, 1.54) is 17.4 Å². The van der Waals surface area contributed by atoms with Crippen molar-refractivity contribution >= 4 is 57.6 Å². The largest absolute Gasteiger partial charge is 0.506 e. The van der Waals surface area contributed by atoms with Crippen LogP contribution in [0.25, 0.3) is 23.1 Å². The van der Waals surface area contributed by atoms with Crippen LogP contribution in [-0.4, -0.2) is 15.1 Å². The molecule has 0 saturated carbocycles. The molecule has 4 rings (SSSR count). The summed E-state index contributed by atoms with van der Waals surface area (Å²) in [6, 6.07) is 12.8. The van der Waals surface area contributed by atoms with Crippen molar-refractivity contribution in [3.8, 4) is 5.75 Å². The normalized spacial score (nSPS) is 12.2. The first kappa shape index (κ1) is 22.6. The van der Waals surface area contributed by atoms with Crippen molar-refractivity contribution < 1.29 is 5.11 Å². The summed E-state index contributed by atoms with van der Waals surface area (Å²) in [6.07, 6.45) is 4.06. The molecular weight excluding hydrogens is 463 g/mol. The first-order valence-electron chi connectivity index (χ1n) is 10.1. The monoisotopic (exact) mass is 484 g/mol. The van der Waals surface area contributed by atoms with E-state index in [1.54, 1.807) is 12.1 Å². The smallest absolute Gasteiger partial charge is 0.251 e. The number of phenolic OH excluding ortho intramolecular Hbond substituents is 1. The highest BCUT2D eigenvalue weighted by Gasteiger charge is 2.23. The van der Waals surface area contributed by atoms with Crippen LogP contribution in [0.5, 0.6) is 5.75 Å². The minimum atomic E-state index is -0.191. The molecule has 0 atom stereocenters. The fraction of sp³-hybridized carbons (Fsp3) is 0.200. The summed E-state index contributed by atoms with van der Waals surface area (Å²) in [5, 5.41) is 12.6. The van der Waals surface area contributed by atoms with Crippen molar-refractivity contribution in [2.24, 2.45) is 0 Å². The van der Waals surface area contributed by atoms with E-state index in [0.29, 0.717) is 22.6 Å². The summed E-state index contributed by atoms with van der Waals surface area (Å²) < 4.78 is 0. The maximum absolute atomic E-state index is 12.7. The van der Waals surface area contributed by atoms with E-state index in [-0.39, 0.29) is 21.7 Å². The van der Waals surface area contributed by atoms with Crippen LogP contribution in [0.4, 0.5) is 0 Å². The topological polar surface area (TPSA) is 66.0 Å². The number of aromatic amines is 1. The molecule has 2 aromatic heterocycles. The Bertz CT molecular complexity index is 1400. The number of para-hydroxylation sites is 1. The number of nitrogens with zero attached hydrogens (tertiary/aromatic N) is 1. The first-order chi connectivity index (χ1) is 15.1. The molecule has 4 nitrogen and oxygen atoms in total. The van der Waals surface area contributed by atoms with Crippen LogP contribution in [0.3, 0.4) is 0 Å². The second-order valence-electron chi connectivity index (χ2n) is 8.62. The number of H-pyrrole nitrogens is 1. The van der Waals surface area contributed by atoms with Crippen LogP contribution in [0.2, 0.25) is 10.0 Å². The SMILES string of the molecule is CC(C)(C)c1nc(/C=C\c2cc(Cl)cc(Cl)c2O)sc1Cc1cc2ccccc2[nH]c1=O. The Morgan fingerprint density at radius 1 is 1.12 bits per heavy atom. The zero-order valence-electron chi connectivity index (χ0n) is 17.9. The Kier molecular flexibility index (Phi) is 6.17. The molecule has 0 unspecified atom stereocenters. The zero-order chi connectivity index (χ0) is 23.0. The van der Waals surface area contributed by atoms with E-state index in [0.717, 1.165) is 26.5 Å². The second-order valence-corrected chi connectivity index (χ2v) is 10.6. The highest BCUT2D eigenvalue weighted by atomic mass is 35.5. The number of nitrogens with one attached hydrogen (secondary N) is 1. The molecule has 164 valence electrons. The van der Waals surface area contributed by atoms with Crippen LogP contribution >= 0.6 is 34.5 Å². The summed E-state index contributed by atoms with van der Waals surface area (Å²) in [6.45, 7) is 6.31. The van der Waals surface area contributed by atoms with Gasteiger partial charge in [0, 0.05) is 38.4 Å². The highest BCUT2D eigenvalue weighted by molar-refractivity contribution is 7.12. The molecule has 0 aliphatic carbocycles. The number of benzene rings is 2. The third-order valence-electron chi connectivity index (χ3n) is 5.07. The summed E-state index contributed by atoms with van der Waals surface area (Å²) in [4.78, 5) is 21.5. The van der Waals surface area contributed by atoms with Gasteiger partial charge in [0.15, 0.2) is 0 Å². The van der Waals surface area contributed by atoms with Crippen molar-refractivity contribution in [3.63, 3.8) is 0 Å². The standard InChI is InChI=1S/C25H22Cl2N2O2S/c1-25(2,3)23-20(12-16-10-14-6-4-5-7-19(14)28-24(16)31)32-21(29-23)9-8-15-11-17(26)13-18(27)22(15)30/h4-11,13,30H,12H2,1-3H3,(H,28,31)/b9-8-. The second kappa shape index (κ2) is 8.74. The molecule has 32 heavy (non-hydrogen) atoms. The fourth-order valence-corrected chi connectivity index (χ4v) is 5.23. The molecule has 0 aliphatic rings. The van der Waals surface area contributed by atoms with Crippen LogP contribution in [0.1, 0.15) is 47.5 Å². The molecule has 4 aromatic rings. The Labute approximate surface area is 200 Å². The van der Waals surface area contributed by atoms with Gasteiger partial charge in [0.05, 0.1) is 10.7 Å². The number of hydrogen-bond donors (Lipinski definition) is 2. The van der Waals surface area contributed by atoms with Gasteiger partial charge in [-0.15, -0.1) is 11.3 Å². The van der Waals surface area contributed by atoms with Crippen molar-refractivity contribution in [1.82, 2.24) is 9.97 Å². The Hall–Kier alpha value is -2.60. The minimum Gasteiger partial charge on any atom is -0.506 e. The molecule has 2 aromatic carbocycles. The van der Waals surface area contributed by atoms with Crippen molar-refractivity contribution in [1.29, 1.82) is 0 Å². The minimum absolute atomic E-state index is 0.0251. The quantitative estimate of drug-likeness (QED) is 0.325. The number of halogens is 2. The lowest BCUT2D eigenvalue weighted by Gasteiger charge is -2.17. The van der Waals surface area contributed by atoms with Crippen LogP contribution in [-0.2, 0) is 11.8 Å². The maximum atomic E-state index is 12.7. The lowest BCUT2D eigenvalue weighted by atomic mass is 9.90. The van der Waals surface area contributed by atoms with Crippen LogP contribution in [0.15, 0.2) is 47.3 Å². The van der Waals surface area contributed by atoms with Crippen molar-refractivity contribution in [2.75, 3.05) is 0 Å². The lowest BCUT2D eigenvalue weighted by Crippen LogP contribution is -2.17. The molecule has 0 radical (unpaired) electrons. The maximum Gasteiger partial charge on any atom is 0.251 e. The molecule has 0 aliphatic heterocycles. The van der Waals surface area contributed by atoms with Crippen molar-refractivity contribution in [3.05, 3.63) is 89.6 Å². The van der Waals surface area contributed by atoms with Gasteiger partial charge in [-0.25, -0.2) is 4.98 Å². The Morgan fingerprint density at radius 2 is 1.88 bits per heavy atom. The molecule has 0 spiro atoms. The number of fused-ring (bicyclic) bond motifs is 1. The average Bonchev–Trinajstić information content (AvgIpc) is 3.13. The number of aromatic hydroxyl groups is 1. The van der Waals surface area contributed by atoms with Gasteiger partial charge in [0.1, 0.15) is 10.8 Å². The Balaban J connectivity index is 1.72. The van der Waals surface area contributed by atoms with E-state index in [4.69, 9.17) is 28.2 Å². The molecule has 0 saturated heterocycles. The number of aromatic nitrogens is 2. The summed E-state index contributed by atoms with van der Waals surface area (Å²) in [5.41, 5.74) is 2.71. The van der Waals surface area contributed by atoms with E-state index in [9.17, 15) is 9.90 Å². The van der Waals surface area contributed by atoms with Gasteiger partial charge in [0.2, 0.25) is 0 Å². The molecular formula is C25H22Cl2N2O2S. The fourth-order valence-electron chi connectivity index (χ4n) is 3.52. The van der Waals surface area contributed by atoms with Gasteiger partial charge in [0.25, 0.3) is 5.56 Å². The Morgan fingerprint density at radius 3 is 2.62 bits per heavy atom. The van der Waals surface area contributed by atoms with Gasteiger partial charge in [-0.2, -0.15) is 0 Å². The molecule has 0 bridgehead atoms. The first-order valence-corrected chi connectivity index (χ1v) is 11.7. The average molecular weight is 485 g/mol. The van der Waals surface area contributed by atoms with Gasteiger partial charge in [-0.3, -0.25) is 4.79 Å². The third-order valence-corrected chi connectivity index (χ3v) is 6.60. The van der Waals surface area contributed by atoms with E-state index >= 15 is 0 Å². The number of rotatable bonds is 4. The predicted octanol–water partition coefficient (Wildman–Crippen LogP) is 7.06. The van der Waals surface area contributed by atoms with E-state index in [1.807, 2.05) is 36.4 Å².